The fourth-order valence-electron chi connectivity index (χ4n) is 2.51. The number of benzene rings is 1. The average Bonchev–Trinajstić information content (AvgIpc) is 2.50. The number of allylic oxidation sites excluding steroid dienone is 4. The molecule has 0 fully saturated rings. The molecular formula is C18H21NO3. The zero-order valence-corrected chi connectivity index (χ0v) is 13.2. The van der Waals surface area contributed by atoms with Crippen molar-refractivity contribution in [3.8, 4) is 5.75 Å². The van der Waals surface area contributed by atoms with Crippen molar-refractivity contribution in [2.45, 2.75) is 20.3 Å². The van der Waals surface area contributed by atoms with Gasteiger partial charge in [0.1, 0.15) is 5.75 Å². The summed E-state index contributed by atoms with van der Waals surface area (Å²) < 4.78 is 5.14. The Morgan fingerprint density at radius 2 is 1.95 bits per heavy atom. The molecule has 1 N–H and O–H groups in total. The van der Waals surface area contributed by atoms with E-state index in [4.69, 9.17) is 4.74 Å². The van der Waals surface area contributed by atoms with Crippen LogP contribution >= 0.6 is 0 Å². The summed E-state index contributed by atoms with van der Waals surface area (Å²) in [5.41, 5.74) is 0.975. The lowest BCUT2D eigenvalue weighted by Crippen LogP contribution is -2.33. The molecule has 1 aliphatic rings. The number of carbonyl (C=O) groups is 2. The molecule has 0 heterocycles. The molecule has 0 spiro atoms. The van der Waals surface area contributed by atoms with Gasteiger partial charge in [-0.3, -0.25) is 9.59 Å². The van der Waals surface area contributed by atoms with E-state index in [-0.39, 0.29) is 11.7 Å². The van der Waals surface area contributed by atoms with Crippen LogP contribution in [0.15, 0.2) is 42.5 Å². The fourth-order valence-corrected chi connectivity index (χ4v) is 2.51. The molecule has 1 aliphatic carbocycles. The molecule has 1 amide bonds. The second-order valence-electron chi connectivity index (χ2n) is 5.65. The van der Waals surface area contributed by atoms with Gasteiger partial charge in [0.2, 0.25) is 5.91 Å². The molecule has 0 radical (unpaired) electrons. The van der Waals surface area contributed by atoms with E-state index in [0.29, 0.717) is 18.5 Å². The highest BCUT2D eigenvalue weighted by atomic mass is 16.5. The summed E-state index contributed by atoms with van der Waals surface area (Å²) in [7, 11) is 1.61. The third-order valence-corrected chi connectivity index (χ3v) is 3.91. The van der Waals surface area contributed by atoms with Gasteiger partial charge in [-0.2, -0.15) is 0 Å². The molecule has 1 aromatic carbocycles. The minimum Gasteiger partial charge on any atom is -0.497 e. The first-order chi connectivity index (χ1) is 10.5. The molecule has 1 atom stereocenters. The van der Waals surface area contributed by atoms with E-state index in [1.165, 1.54) is 6.92 Å². The summed E-state index contributed by atoms with van der Waals surface area (Å²) in [5.74, 6) is 0.754. The topological polar surface area (TPSA) is 55.4 Å². The van der Waals surface area contributed by atoms with Gasteiger partial charge in [-0.25, -0.2) is 0 Å². The van der Waals surface area contributed by atoms with Crippen LogP contribution in [0.3, 0.4) is 0 Å². The predicted molar refractivity (Wildman–Crippen MR) is 86.5 cm³/mol. The Hall–Kier alpha value is -2.36. The standard InChI is InChI=1S/C18H21NO3/c1-13(20)19-12-11-18(2)10-4-5-16(17(18)21)14-6-8-15(22-3)9-7-14/h4-10H,11-12H2,1-3H3,(H,19,20). The molecule has 0 bridgehead atoms. The molecular weight excluding hydrogens is 278 g/mol. The maximum Gasteiger partial charge on any atom is 0.216 e. The third kappa shape index (κ3) is 3.45. The van der Waals surface area contributed by atoms with Crippen LogP contribution in [0.2, 0.25) is 0 Å². The van der Waals surface area contributed by atoms with Crippen LogP contribution in [0.5, 0.6) is 5.75 Å². The highest BCUT2D eigenvalue weighted by Gasteiger charge is 2.34. The van der Waals surface area contributed by atoms with E-state index in [9.17, 15) is 9.59 Å². The summed E-state index contributed by atoms with van der Waals surface area (Å²) in [6.07, 6.45) is 6.23. The van der Waals surface area contributed by atoms with Gasteiger partial charge in [-0.1, -0.05) is 30.4 Å². The number of Topliss-reactive ketones (excluding diaryl/α,β-unsaturated/α-hetero) is 1. The minimum atomic E-state index is -0.591. The van der Waals surface area contributed by atoms with E-state index < -0.39 is 5.41 Å². The van der Waals surface area contributed by atoms with Crippen LogP contribution < -0.4 is 10.1 Å². The number of nitrogens with one attached hydrogen (secondary N) is 1. The lowest BCUT2D eigenvalue weighted by atomic mass is 9.74. The highest BCUT2D eigenvalue weighted by Crippen LogP contribution is 2.35. The smallest absolute Gasteiger partial charge is 0.216 e. The molecule has 2 rings (SSSR count). The van der Waals surface area contributed by atoms with Crippen molar-refractivity contribution >= 4 is 17.3 Å². The van der Waals surface area contributed by atoms with Crippen molar-refractivity contribution in [2.75, 3.05) is 13.7 Å². The molecule has 22 heavy (non-hydrogen) atoms. The molecule has 116 valence electrons. The number of amides is 1. The summed E-state index contributed by atoms with van der Waals surface area (Å²) in [6.45, 7) is 3.87. The van der Waals surface area contributed by atoms with Crippen molar-refractivity contribution in [1.29, 1.82) is 0 Å². The zero-order valence-electron chi connectivity index (χ0n) is 13.2. The Morgan fingerprint density at radius 3 is 2.55 bits per heavy atom. The van der Waals surface area contributed by atoms with Gasteiger partial charge in [0.25, 0.3) is 0 Å². The SMILES string of the molecule is COc1ccc(C2=CC=CC(C)(CCNC(C)=O)C2=O)cc1. The molecule has 4 heteroatoms. The van der Waals surface area contributed by atoms with E-state index in [2.05, 4.69) is 5.32 Å². The molecule has 0 aromatic heterocycles. The van der Waals surface area contributed by atoms with Gasteiger partial charge in [-0.05, 0) is 31.0 Å². The molecule has 4 nitrogen and oxygen atoms in total. The van der Waals surface area contributed by atoms with Crippen molar-refractivity contribution in [3.63, 3.8) is 0 Å². The highest BCUT2D eigenvalue weighted by molar-refractivity contribution is 6.25. The van der Waals surface area contributed by atoms with Crippen LogP contribution in [0.25, 0.3) is 5.57 Å². The monoisotopic (exact) mass is 299 g/mol. The van der Waals surface area contributed by atoms with Crippen LogP contribution in [0.4, 0.5) is 0 Å². The Balaban J connectivity index is 2.16. The van der Waals surface area contributed by atoms with Gasteiger partial charge in [0.15, 0.2) is 5.78 Å². The fraction of sp³-hybridized carbons (Fsp3) is 0.333. The summed E-state index contributed by atoms with van der Waals surface area (Å²) >= 11 is 0. The first-order valence-corrected chi connectivity index (χ1v) is 7.29. The average molecular weight is 299 g/mol. The van der Waals surface area contributed by atoms with Gasteiger partial charge in [-0.15, -0.1) is 0 Å². The van der Waals surface area contributed by atoms with Gasteiger partial charge in [0.05, 0.1) is 12.5 Å². The number of carbonyl (C=O) groups excluding carboxylic acids is 2. The van der Waals surface area contributed by atoms with E-state index in [1.807, 2.05) is 49.4 Å². The quantitative estimate of drug-likeness (QED) is 0.909. The van der Waals surface area contributed by atoms with Crippen molar-refractivity contribution in [3.05, 3.63) is 48.1 Å². The molecule has 1 unspecified atom stereocenters. The number of methoxy groups -OCH3 is 1. The molecule has 0 saturated heterocycles. The maximum absolute atomic E-state index is 12.8. The minimum absolute atomic E-state index is 0.0746. The number of ether oxygens (including phenoxy) is 1. The maximum atomic E-state index is 12.8. The number of rotatable bonds is 5. The third-order valence-electron chi connectivity index (χ3n) is 3.91. The first kappa shape index (κ1) is 16.0. The number of hydrogen-bond donors (Lipinski definition) is 1. The second kappa shape index (κ2) is 6.60. The Bertz CT molecular complexity index is 628. The van der Waals surface area contributed by atoms with Crippen molar-refractivity contribution < 1.29 is 14.3 Å². The van der Waals surface area contributed by atoms with Crippen molar-refractivity contribution in [2.24, 2.45) is 5.41 Å². The van der Waals surface area contributed by atoms with E-state index in [1.54, 1.807) is 7.11 Å². The summed E-state index contributed by atoms with van der Waals surface area (Å²) in [6, 6.07) is 7.46. The Kier molecular flexibility index (Phi) is 4.81. The van der Waals surface area contributed by atoms with Crippen LogP contribution in [-0.2, 0) is 9.59 Å². The van der Waals surface area contributed by atoms with Gasteiger partial charge < -0.3 is 10.1 Å². The van der Waals surface area contributed by atoms with Gasteiger partial charge in [0, 0.05) is 19.0 Å². The van der Waals surface area contributed by atoms with Crippen molar-refractivity contribution in [1.82, 2.24) is 5.32 Å². The number of hydrogen-bond acceptors (Lipinski definition) is 3. The Morgan fingerprint density at radius 1 is 1.27 bits per heavy atom. The largest absolute Gasteiger partial charge is 0.497 e. The molecule has 0 saturated carbocycles. The van der Waals surface area contributed by atoms with E-state index >= 15 is 0 Å². The van der Waals surface area contributed by atoms with Gasteiger partial charge >= 0.3 is 0 Å². The lowest BCUT2D eigenvalue weighted by Gasteiger charge is -2.28. The molecule has 0 aliphatic heterocycles. The summed E-state index contributed by atoms with van der Waals surface area (Å²) in [5, 5.41) is 2.75. The number of ketones is 1. The second-order valence-corrected chi connectivity index (χ2v) is 5.65. The predicted octanol–water partition coefficient (Wildman–Crippen LogP) is 2.75. The zero-order chi connectivity index (χ0) is 16.2. The van der Waals surface area contributed by atoms with Crippen LogP contribution in [0.1, 0.15) is 25.8 Å². The van der Waals surface area contributed by atoms with Crippen LogP contribution in [0, 0.1) is 5.41 Å². The van der Waals surface area contributed by atoms with E-state index in [0.717, 1.165) is 11.3 Å². The Labute approximate surface area is 130 Å². The molecule has 1 aromatic rings. The first-order valence-electron chi connectivity index (χ1n) is 7.29. The lowest BCUT2D eigenvalue weighted by molar-refractivity contribution is -0.122. The summed E-state index contributed by atoms with van der Waals surface area (Å²) in [4.78, 5) is 23.8. The normalized spacial score (nSPS) is 20.5. The van der Waals surface area contributed by atoms with Crippen LogP contribution in [-0.4, -0.2) is 25.3 Å².